The third-order valence-electron chi connectivity index (χ3n) is 2.48. The molecule has 3 nitrogen and oxygen atoms in total. The summed E-state index contributed by atoms with van der Waals surface area (Å²) in [5.74, 6) is 1.83. The van der Waals surface area contributed by atoms with Crippen molar-refractivity contribution in [2.24, 2.45) is 0 Å². The normalized spacial score (nSPS) is 10.8. The average Bonchev–Trinajstić information content (AvgIpc) is 2.96. The number of hydrogen-bond donors (Lipinski definition) is 0. The monoisotopic (exact) mass is 230 g/mol. The molecule has 0 spiro atoms. The van der Waals surface area contributed by atoms with Gasteiger partial charge < -0.3 is 4.74 Å². The number of ether oxygens (including phenoxy) is 1. The highest BCUT2D eigenvalue weighted by atomic mass is 32.1. The zero-order chi connectivity index (χ0) is 11.0. The van der Waals surface area contributed by atoms with Gasteiger partial charge in [-0.2, -0.15) is 0 Å². The number of pyridine rings is 1. The van der Waals surface area contributed by atoms with Crippen LogP contribution in [0.3, 0.4) is 0 Å². The van der Waals surface area contributed by atoms with Gasteiger partial charge in [0.25, 0.3) is 0 Å². The van der Waals surface area contributed by atoms with Gasteiger partial charge in [0, 0.05) is 12.3 Å². The van der Waals surface area contributed by atoms with Crippen LogP contribution < -0.4 is 4.74 Å². The summed E-state index contributed by atoms with van der Waals surface area (Å²) in [4.78, 5) is 5.60. The highest BCUT2D eigenvalue weighted by molar-refractivity contribution is 7.13. The minimum absolute atomic E-state index is 0.852. The molecule has 0 aromatic carbocycles. The molecular weight excluding hydrogens is 220 g/mol. The fourth-order valence-corrected chi connectivity index (χ4v) is 2.41. The fourth-order valence-electron chi connectivity index (χ4n) is 1.69. The first kappa shape index (κ1) is 9.42. The van der Waals surface area contributed by atoms with Crippen LogP contribution >= 0.6 is 11.3 Å². The summed E-state index contributed by atoms with van der Waals surface area (Å²) in [5, 5.41) is 2.06. The number of methoxy groups -OCH3 is 1. The number of aromatic nitrogens is 2. The lowest BCUT2D eigenvalue weighted by atomic mass is 10.4. The number of thiophene rings is 1. The van der Waals surface area contributed by atoms with E-state index in [2.05, 4.69) is 20.8 Å². The smallest absolute Gasteiger partial charge is 0.154 e. The van der Waals surface area contributed by atoms with Crippen LogP contribution in [0.1, 0.15) is 0 Å². The van der Waals surface area contributed by atoms with E-state index in [0.29, 0.717) is 0 Å². The van der Waals surface area contributed by atoms with Crippen LogP contribution in [-0.2, 0) is 0 Å². The lowest BCUT2D eigenvalue weighted by Crippen LogP contribution is -1.88. The molecule has 0 saturated carbocycles. The van der Waals surface area contributed by atoms with E-state index < -0.39 is 0 Å². The van der Waals surface area contributed by atoms with E-state index >= 15 is 0 Å². The highest BCUT2D eigenvalue weighted by Gasteiger charge is 2.07. The molecule has 0 N–H and O–H groups in total. The van der Waals surface area contributed by atoms with Crippen molar-refractivity contribution in [1.82, 2.24) is 9.38 Å². The van der Waals surface area contributed by atoms with E-state index in [4.69, 9.17) is 4.74 Å². The van der Waals surface area contributed by atoms with Crippen molar-refractivity contribution < 1.29 is 4.74 Å². The van der Waals surface area contributed by atoms with Crippen LogP contribution in [-0.4, -0.2) is 16.5 Å². The van der Waals surface area contributed by atoms with Crippen LogP contribution in [0.5, 0.6) is 5.75 Å². The zero-order valence-corrected chi connectivity index (χ0v) is 9.57. The van der Waals surface area contributed by atoms with Gasteiger partial charge in [0.1, 0.15) is 5.75 Å². The van der Waals surface area contributed by atoms with Crippen LogP contribution in [0, 0.1) is 0 Å². The highest BCUT2D eigenvalue weighted by Crippen LogP contribution is 2.25. The number of fused-ring (bicyclic) bond motifs is 1. The Morgan fingerprint density at radius 3 is 3.06 bits per heavy atom. The fraction of sp³-hybridized carbons (Fsp3) is 0.0833. The number of nitrogens with zero attached hydrogens (tertiary/aromatic N) is 2. The summed E-state index contributed by atoms with van der Waals surface area (Å²) >= 11 is 1.69. The molecule has 16 heavy (non-hydrogen) atoms. The van der Waals surface area contributed by atoms with Gasteiger partial charge in [-0.1, -0.05) is 6.07 Å². The standard InChI is InChI=1S/C12H10N2OS/c1-15-10-4-5-14-9(7-10)8-13-12(14)11-3-2-6-16-11/h2-8H,1H3. The quantitative estimate of drug-likeness (QED) is 0.676. The van der Waals surface area contributed by atoms with E-state index in [1.165, 1.54) is 4.88 Å². The molecule has 3 aromatic rings. The molecule has 0 aliphatic rings. The molecule has 0 aliphatic heterocycles. The zero-order valence-electron chi connectivity index (χ0n) is 8.75. The molecule has 0 unspecified atom stereocenters. The Morgan fingerprint density at radius 2 is 2.31 bits per heavy atom. The summed E-state index contributed by atoms with van der Waals surface area (Å²) in [6, 6.07) is 8.02. The lowest BCUT2D eigenvalue weighted by Gasteiger charge is -2.01. The third kappa shape index (κ3) is 1.39. The Balaban J connectivity index is 2.21. The third-order valence-corrected chi connectivity index (χ3v) is 3.35. The van der Waals surface area contributed by atoms with Crippen molar-refractivity contribution in [2.45, 2.75) is 0 Å². The predicted molar refractivity (Wildman–Crippen MR) is 65.1 cm³/mol. The maximum absolute atomic E-state index is 5.18. The Kier molecular flexibility index (Phi) is 2.15. The molecule has 3 rings (SSSR count). The van der Waals surface area contributed by atoms with Gasteiger partial charge in [0.05, 0.1) is 23.7 Å². The summed E-state index contributed by atoms with van der Waals surface area (Å²) in [5.41, 5.74) is 1.04. The Labute approximate surface area is 96.9 Å². The Morgan fingerprint density at radius 1 is 1.38 bits per heavy atom. The molecule has 4 heteroatoms. The Bertz CT molecular complexity index is 613. The number of imidazole rings is 1. The summed E-state index contributed by atoms with van der Waals surface area (Å²) in [6.45, 7) is 0. The number of hydrogen-bond acceptors (Lipinski definition) is 3. The molecule has 0 radical (unpaired) electrons. The van der Waals surface area contributed by atoms with Crippen LogP contribution in [0.2, 0.25) is 0 Å². The Hall–Kier alpha value is -1.81. The molecule has 80 valence electrons. The summed E-state index contributed by atoms with van der Waals surface area (Å²) < 4.78 is 7.25. The maximum atomic E-state index is 5.18. The van der Waals surface area contributed by atoms with Gasteiger partial charge in [-0.25, -0.2) is 4.98 Å². The van der Waals surface area contributed by atoms with Crippen molar-refractivity contribution in [3.63, 3.8) is 0 Å². The van der Waals surface area contributed by atoms with Gasteiger partial charge in [-0.15, -0.1) is 11.3 Å². The van der Waals surface area contributed by atoms with E-state index in [0.717, 1.165) is 17.1 Å². The molecule has 0 atom stereocenters. The molecule has 0 aliphatic carbocycles. The van der Waals surface area contributed by atoms with Gasteiger partial charge in [0.15, 0.2) is 5.82 Å². The minimum atomic E-state index is 0.852. The molecule has 0 bridgehead atoms. The molecule has 3 heterocycles. The minimum Gasteiger partial charge on any atom is -0.497 e. The van der Waals surface area contributed by atoms with Crippen LogP contribution in [0.4, 0.5) is 0 Å². The van der Waals surface area contributed by atoms with Crippen molar-refractivity contribution in [1.29, 1.82) is 0 Å². The van der Waals surface area contributed by atoms with Crippen LogP contribution in [0.25, 0.3) is 16.2 Å². The number of rotatable bonds is 2. The van der Waals surface area contributed by atoms with Crippen molar-refractivity contribution >= 4 is 16.9 Å². The first-order valence-electron chi connectivity index (χ1n) is 4.93. The second kappa shape index (κ2) is 3.64. The predicted octanol–water partition coefficient (Wildman–Crippen LogP) is 3.07. The van der Waals surface area contributed by atoms with Crippen molar-refractivity contribution in [3.8, 4) is 16.5 Å². The van der Waals surface area contributed by atoms with E-state index in [-0.39, 0.29) is 0 Å². The van der Waals surface area contributed by atoms with Gasteiger partial charge in [-0.3, -0.25) is 4.40 Å². The first-order valence-corrected chi connectivity index (χ1v) is 5.81. The van der Waals surface area contributed by atoms with E-state index in [9.17, 15) is 0 Å². The van der Waals surface area contributed by atoms with E-state index in [1.807, 2.05) is 30.6 Å². The van der Waals surface area contributed by atoms with Gasteiger partial charge >= 0.3 is 0 Å². The summed E-state index contributed by atoms with van der Waals surface area (Å²) in [7, 11) is 1.67. The second-order valence-corrected chi connectivity index (χ2v) is 4.37. The van der Waals surface area contributed by atoms with E-state index in [1.54, 1.807) is 18.4 Å². The topological polar surface area (TPSA) is 26.5 Å². The molecule has 0 saturated heterocycles. The largest absolute Gasteiger partial charge is 0.497 e. The summed E-state index contributed by atoms with van der Waals surface area (Å²) in [6.07, 6.45) is 3.84. The average molecular weight is 230 g/mol. The van der Waals surface area contributed by atoms with Crippen molar-refractivity contribution in [3.05, 3.63) is 42.0 Å². The molecule has 0 amide bonds. The SMILES string of the molecule is COc1ccn2c(-c3cccs3)ncc2c1. The maximum Gasteiger partial charge on any atom is 0.154 e. The van der Waals surface area contributed by atoms with Crippen molar-refractivity contribution in [2.75, 3.05) is 7.11 Å². The molecule has 3 aromatic heterocycles. The van der Waals surface area contributed by atoms with Crippen LogP contribution in [0.15, 0.2) is 42.0 Å². The van der Waals surface area contributed by atoms with Gasteiger partial charge in [-0.05, 0) is 17.5 Å². The molecular formula is C12H10N2OS. The van der Waals surface area contributed by atoms with Gasteiger partial charge in [0.2, 0.25) is 0 Å². The first-order chi connectivity index (χ1) is 7.88. The second-order valence-electron chi connectivity index (χ2n) is 3.42. The lowest BCUT2D eigenvalue weighted by molar-refractivity contribution is 0.414. The molecule has 0 fully saturated rings.